The number of anilines is 2. The molecule has 0 saturated carbocycles. The van der Waals surface area contributed by atoms with Crippen molar-refractivity contribution in [2.24, 2.45) is 4.99 Å². The fourth-order valence-corrected chi connectivity index (χ4v) is 3.22. The summed E-state index contributed by atoms with van der Waals surface area (Å²) in [5.41, 5.74) is 1.43. The van der Waals surface area contributed by atoms with Gasteiger partial charge in [0, 0.05) is 66.1 Å². The minimum atomic E-state index is -0.425. The van der Waals surface area contributed by atoms with E-state index in [1.54, 1.807) is 13.2 Å². The van der Waals surface area contributed by atoms with Crippen molar-refractivity contribution in [1.29, 1.82) is 0 Å². The van der Waals surface area contributed by atoms with Crippen LogP contribution < -0.4 is 15.1 Å². The molecule has 1 saturated heterocycles. The van der Waals surface area contributed by atoms with Crippen LogP contribution in [-0.4, -0.2) is 63.2 Å². The maximum absolute atomic E-state index is 14.0. The zero-order valence-corrected chi connectivity index (χ0v) is 16.5. The molecule has 0 aliphatic carbocycles. The summed E-state index contributed by atoms with van der Waals surface area (Å²) in [6, 6.07) is 7.57. The van der Waals surface area contributed by atoms with Gasteiger partial charge in [0.1, 0.15) is 17.5 Å². The standard InChI is InChI=1S/C20H26F2N6/c1-23-20(25-14-15-6-7-24-19(12-15)26(2)3)28-10-8-27(9-11-28)18-13-16(21)4-5-17(18)22/h4-7,12-13H,8-11,14H2,1-3H3,(H,23,25). The molecule has 1 aliphatic heterocycles. The van der Waals surface area contributed by atoms with Gasteiger partial charge in [-0.1, -0.05) is 0 Å². The molecule has 1 aromatic carbocycles. The maximum atomic E-state index is 14.0. The van der Waals surface area contributed by atoms with E-state index in [1.807, 2.05) is 36.0 Å². The molecule has 1 aliphatic rings. The molecule has 28 heavy (non-hydrogen) atoms. The summed E-state index contributed by atoms with van der Waals surface area (Å²) < 4.78 is 27.5. The first kappa shape index (κ1) is 19.9. The molecule has 3 rings (SSSR count). The Kier molecular flexibility index (Phi) is 6.28. The molecular formula is C20H26F2N6. The summed E-state index contributed by atoms with van der Waals surface area (Å²) in [7, 11) is 5.66. The Morgan fingerprint density at radius 3 is 2.57 bits per heavy atom. The SMILES string of the molecule is CN=C(NCc1ccnc(N(C)C)c1)N1CCN(c2cc(F)ccc2F)CC1. The first-order valence-electron chi connectivity index (χ1n) is 9.26. The lowest BCUT2D eigenvalue weighted by Gasteiger charge is -2.37. The van der Waals surface area contributed by atoms with Gasteiger partial charge in [-0.3, -0.25) is 4.99 Å². The van der Waals surface area contributed by atoms with E-state index < -0.39 is 11.6 Å². The van der Waals surface area contributed by atoms with Gasteiger partial charge in [0.05, 0.1) is 5.69 Å². The highest BCUT2D eigenvalue weighted by Crippen LogP contribution is 2.22. The predicted octanol–water partition coefficient (Wildman–Crippen LogP) is 2.32. The lowest BCUT2D eigenvalue weighted by molar-refractivity contribution is 0.370. The van der Waals surface area contributed by atoms with Gasteiger partial charge in [-0.2, -0.15) is 0 Å². The minimum absolute atomic E-state index is 0.315. The second-order valence-corrected chi connectivity index (χ2v) is 6.89. The van der Waals surface area contributed by atoms with Crippen LogP contribution in [0.25, 0.3) is 0 Å². The molecule has 1 aromatic heterocycles. The van der Waals surface area contributed by atoms with E-state index in [2.05, 4.69) is 20.2 Å². The second-order valence-electron chi connectivity index (χ2n) is 6.89. The lowest BCUT2D eigenvalue weighted by atomic mass is 10.2. The number of nitrogens with zero attached hydrogens (tertiary/aromatic N) is 5. The number of aromatic nitrogens is 1. The Bertz CT molecular complexity index is 831. The van der Waals surface area contributed by atoms with Gasteiger partial charge in [-0.15, -0.1) is 0 Å². The summed E-state index contributed by atoms with van der Waals surface area (Å²) in [6.07, 6.45) is 1.79. The van der Waals surface area contributed by atoms with E-state index in [9.17, 15) is 8.78 Å². The number of halogens is 2. The van der Waals surface area contributed by atoms with Crippen molar-refractivity contribution in [3.63, 3.8) is 0 Å². The summed E-state index contributed by atoms with van der Waals surface area (Å²) in [5, 5.41) is 3.37. The summed E-state index contributed by atoms with van der Waals surface area (Å²) in [5.74, 6) is 0.875. The average molecular weight is 388 g/mol. The molecule has 2 heterocycles. The van der Waals surface area contributed by atoms with E-state index in [0.717, 1.165) is 23.4 Å². The molecular weight excluding hydrogens is 362 g/mol. The van der Waals surface area contributed by atoms with Crippen LogP contribution in [0.15, 0.2) is 41.5 Å². The van der Waals surface area contributed by atoms with E-state index >= 15 is 0 Å². The molecule has 8 heteroatoms. The molecule has 6 nitrogen and oxygen atoms in total. The highest BCUT2D eigenvalue weighted by atomic mass is 19.1. The highest BCUT2D eigenvalue weighted by molar-refractivity contribution is 5.80. The number of pyridine rings is 1. The van der Waals surface area contributed by atoms with Gasteiger partial charge in [-0.25, -0.2) is 13.8 Å². The molecule has 0 spiro atoms. The largest absolute Gasteiger partial charge is 0.366 e. The molecule has 1 fully saturated rings. The summed E-state index contributed by atoms with van der Waals surface area (Å²) >= 11 is 0. The molecule has 0 radical (unpaired) electrons. The number of hydrogen-bond donors (Lipinski definition) is 1. The van der Waals surface area contributed by atoms with Crippen molar-refractivity contribution in [2.75, 3.05) is 57.1 Å². The Balaban J connectivity index is 1.58. The number of nitrogens with one attached hydrogen (secondary N) is 1. The average Bonchev–Trinajstić information content (AvgIpc) is 2.71. The van der Waals surface area contributed by atoms with Crippen LogP contribution in [0.1, 0.15) is 5.56 Å². The number of aliphatic imine (C=N–C) groups is 1. The van der Waals surface area contributed by atoms with Crippen LogP contribution >= 0.6 is 0 Å². The third-order valence-corrected chi connectivity index (χ3v) is 4.76. The van der Waals surface area contributed by atoms with Crippen molar-refractivity contribution < 1.29 is 8.78 Å². The molecule has 1 N–H and O–H groups in total. The van der Waals surface area contributed by atoms with Crippen LogP contribution in [0.4, 0.5) is 20.3 Å². The fraction of sp³-hybridized carbons (Fsp3) is 0.400. The van der Waals surface area contributed by atoms with Crippen LogP contribution in [-0.2, 0) is 6.54 Å². The third-order valence-electron chi connectivity index (χ3n) is 4.76. The summed E-state index contributed by atoms with van der Waals surface area (Å²) in [4.78, 5) is 14.6. The Labute approximate surface area is 164 Å². The third kappa shape index (κ3) is 4.68. The normalized spacial score (nSPS) is 15.0. The van der Waals surface area contributed by atoms with Crippen molar-refractivity contribution in [3.05, 3.63) is 53.7 Å². The Morgan fingerprint density at radius 2 is 1.89 bits per heavy atom. The fourth-order valence-electron chi connectivity index (χ4n) is 3.22. The number of rotatable bonds is 4. The van der Waals surface area contributed by atoms with Gasteiger partial charge < -0.3 is 20.0 Å². The lowest BCUT2D eigenvalue weighted by Crippen LogP contribution is -2.52. The van der Waals surface area contributed by atoms with Gasteiger partial charge in [0.2, 0.25) is 0 Å². The van der Waals surface area contributed by atoms with Gasteiger partial charge in [0.25, 0.3) is 0 Å². The van der Waals surface area contributed by atoms with Crippen LogP contribution in [0.3, 0.4) is 0 Å². The van der Waals surface area contributed by atoms with Crippen molar-refractivity contribution in [2.45, 2.75) is 6.54 Å². The molecule has 150 valence electrons. The first-order chi connectivity index (χ1) is 13.5. The summed E-state index contributed by atoms with van der Waals surface area (Å²) in [6.45, 7) is 3.18. The first-order valence-corrected chi connectivity index (χ1v) is 9.26. The van der Waals surface area contributed by atoms with Crippen molar-refractivity contribution >= 4 is 17.5 Å². The topological polar surface area (TPSA) is 47.0 Å². The zero-order valence-electron chi connectivity index (χ0n) is 16.5. The van der Waals surface area contributed by atoms with Crippen molar-refractivity contribution in [3.8, 4) is 0 Å². The highest BCUT2D eigenvalue weighted by Gasteiger charge is 2.22. The Hall–Kier alpha value is -2.90. The number of hydrogen-bond acceptors (Lipinski definition) is 4. The van der Waals surface area contributed by atoms with E-state index in [0.29, 0.717) is 38.4 Å². The smallest absolute Gasteiger partial charge is 0.194 e. The van der Waals surface area contributed by atoms with E-state index in [4.69, 9.17) is 0 Å². The monoisotopic (exact) mass is 388 g/mol. The maximum Gasteiger partial charge on any atom is 0.194 e. The van der Waals surface area contributed by atoms with E-state index in [1.165, 1.54) is 12.1 Å². The van der Waals surface area contributed by atoms with Gasteiger partial charge in [0.15, 0.2) is 5.96 Å². The predicted molar refractivity (Wildman–Crippen MR) is 109 cm³/mol. The Morgan fingerprint density at radius 1 is 1.14 bits per heavy atom. The number of piperazine rings is 1. The zero-order chi connectivity index (χ0) is 20.1. The molecule has 2 aromatic rings. The van der Waals surface area contributed by atoms with Gasteiger partial charge >= 0.3 is 0 Å². The van der Waals surface area contributed by atoms with Crippen LogP contribution in [0, 0.1) is 11.6 Å². The molecule has 0 unspecified atom stereocenters. The van der Waals surface area contributed by atoms with Crippen LogP contribution in [0.2, 0.25) is 0 Å². The van der Waals surface area contributed by atoms with Crippen LogP contribution in [0.5, 0.6) is 0 Å². The molecule has 0 atom stereocenters. The molecule has 0 amide bonds. The van der Waals surface area contributed by atoms with Crippen molar-refractivity contribution in [1.82, 2.24) is 15.2 Å². The second kappa shape index (κ2) is 8.86. The molecule has 0 bridgehead atoms. The van der Waals surface area contributed by atoms with E-state index in [-0.39, 0.29) is 0 Å². The minimum Gasteiger partial charge on any atom is -0.366 e. The van der Waals surface area contributed by atoms with Gasteiger partial charge in [-0.05, 0) is 29.8 Å². The number of benzene rings is 1. The number of guanidine groups is 1. The quantitative estimate of drug-likeness (QED) is 0.644.